The van der Waals surface area contributed by atoms with Crippen LogP contribution in [0.5, 0.6) is 5.75 Å². The monoisotopic (exact) mass is 233 g/mol. The summed E-state index contributed by atoms with van der Waals surface area (Å²) in [5.41, 5.74) is 0. The van der Waals surface area contributed by atoms with Gasteiger partial charge >= 0.3 is 6.09 Å². The maximum absolute atomic E-state index is 11.7. The smallest absolute Gasteiger partial charge is 0.410 e. The Kier molecular flexibility index (Phi) is 4.42. The summed E-state index contributed by atoms with van der Waals surface area (Å²) in [4.78, 5) is 11.7. The summed E-state index contributed by atoms with van der Waals surface area (Å²) >= 11 is 0. The van der Waals surface area contributed by atoms with Gasteiger partial charge in [-0.2, -0.15) is 0 Å². The predicted octanol–water partition coefficient (Wildman–Crippen LogP) is 3.50. The Balaban J connectivity index is 1.80. The number of hydrogen-bond donors (Lipinski definition) is 1. The van der Waals surface area contributed by atoms with Crippen molar-refractivity contribution in [2.75, 3.05) is 0 Å². The third-order valence-corrected chi connectivity index (χ3v) is 3.13. The van der Waals surface area contributed by atoms with Gasteiger partial charge in [0, 0.05) is 6.04 Å². The van der Waals surface area contributed by atoms with Crippen LogP contribution >= 0.6 is 0 Å². The fourth-order valence-corrected chi connectivity index (χ4v) is 2.22. The van der Waals surface area contributed by atoms with Crippen LogP contribution in [0.3, 0.4) is 0 Å². The van der Waals surface area contributed by atoms with E-state index in [9.17, 15) is 4.79 Å². The quantitative estimate of drug-likeness (QED) is 0.794. The first-order chi connectivity index (χ1) is 8.34. The molecule has 0 aromatic heterocycles. The lowest BCUT2D eigenvalue weighted by molar-refractivity contribution is 0.194. The highest BCUT2D eigenvalue weighted by molar-refractivity contribution is 5.70. The first kappa shape index (κ1) is 12.0. The number of carbonyl (C=O) groups excluding carboxylic acids is 1. The van der Waals surface area contributed by atoms with E-state index >= 15 is 0 Å². The van der Waals surface area contributed by atoms with E-state index in [1.165, 1.54) is 25.7 Å². The van der Waals surface area contributed by atoms with Crippen molar-refractivity contribution in [2.24, 2.45) is 0 Å². The molecule has 1 amide bonds. The molecular weight excluding hydrogens is 214 g/mol. The van der Waals surface area contributed by atoms with E-state index < -0.39 is 0 Å². The van der Waals surface area contributed by atoms with E-state index in [0.717, 1.165) is 12.8 Å². The molecule has 2 rings (SSSR count). The Hall–Kier alpha value is -1.51. The molecule has 0 radical (unpaired) electrons. The highest BCUT2D eigenvalue weighted by atomic mass is 16.6. The number of ether oxygens (including phenoxy) is 1. The summed E-state index contributed by atoms with van der Waals surface area (Å²) in [5.74, 6) is 0.596. The van der Waals surface area contributed by atoms with Crippen molar-refractivity contribution in [3.63, 3.8) is 0 Å². The minimum absolute atomic E-state index is 0.286. The Morgan fingerprint density at radius 2 is 1.71 bits per heavy atom. The molecule has 3 heteroatoms. The van der Waals surface area contributed by atoms with Crippen LogP contribution in [0.4, 0.5) is 4.79 Å². The highest BCUT2D eigenvalue weighted by Crippen LogP contribution is 2.17. The average Bonchev–Trinajstić information content (AvgIpc) is 2.59. The van der Waals surface area contributed by atoms with Crippen molar-refractivity contribution < 1.29 is 9.53 Å². The summed E-state index contributed by atoms with van der Waals surface area (Å²) in [6.07, 6.45) is 6.79. The molecule has 1 aliphatic carbocycles. The van der Waals surface area contributed by atoms with Crippen LogP contribution in [0.1, 0.15) is 38.5 Å². The van der Waals surface area contributed by atoms with Gasteiger partial charge in [-0.25, -0.2) is 4.79 Å². The van der Waals surface area contributed by atoms with E-state index in [2.05, 4.69) is 5.32 Å². The largest absolute Gasteiger partial charge is 0.412 e. The Bertz CT molecular complexity index is 342. The fourth-order valence-electron chi connectivity index (χ4n) is 2.22. The Labute approximate surface area is 102 Å². The maximum atomic E-state index is 11.7. The van der Waals surface area contributed by atoms with Crippen LogP contribution in [-0.2, 0) is 0 Å². The normalized spacial score (nSPS) is 17.2. The van der Waals surface area contributed by atoms with Gasteiger partial charge in [-0.1, -0.05) is 43.9 Å². The van der Waals surface area contributed by atoms with Crippen LogP contribution in [0.15, 0.2) is 30.3 Å². The van der Waals surface area contributed by atoms with E-state index in [0.29, 0.717) is 5.75 Å². The second kappa shape index (κ2) is 6.28. The third kappa shape index (κ3) is 4.10. The number of benzene rings is 1. The predicted molar refractivity (Wildman–Crippen MR) is 67.1 cm³/mol. The molecule has 0 spiro atoms. The van der Waals surface area contributed by atoms with Crippen LogP contribution in [-0.4, -0.2) is 12.1 Å². The van der Waals surface area contributed by atoms with Gasteiger partial charge in [-0.05, 0) is 25.0 Å². The number of rotatable bonds is 2. The van der Waals surface area contributed by atoms with Crippen LogP contribution in [0.2, 0.25) is 0 Å². The average molecular weight is 233 g/mol. The number of nitrogens with one attached hydrogen (secondary N) is 1. The van der Waals surface area contributed by atoms with E-state index in [1.807, 2.05) is 18.2 Å². The van der Waals surface area contributed by atoms with Crippen molar-refractivity contribution in [2.45, 2.75) is 44.6 Å². The van der Waals surface area contributed by atoms with Gasteiger partial charge in [-0.3, -0.25) is 0 Å². The fraction of sp³-hybridized carbons (Fsp3) is 0.500. The summed E-state index contributed by atoms with van der Waals surface area (Å²) in [5, 5.41) is 2.95. The lowest BCUT2D eigenvalue weighted by atomic mass is 10.1. The molecule has 1 saturated carbocycles. The zero-order valence-electron chi connectivity index (χ0n) is 10.0. The molecule has 0 aliphatic heterocycles. The number of amides is 1. The number of carbonyl (C=O) groups is 1. The molecular formula is C14H19NO2. The zero-order valence-corrected chi connectivity index (χ0v) is 10.0. The second-order valence-corrected chi connectivity index (χ2v) is 4.54. The minimum atomic E-state index is -0.330. The molecule has 0 unspecified atom stereocenters. The Morgan fingerprint density at radius 1 is 1.06 bits per heavy atom. The molecule has 92 valence electrons. The molecule has 1 aromatic rings. The number of para-hydroxylation sites is 1. The zero-order chi connectivity index (χ0) is 11.9. The van der Waals surface area contributed by atoms with Crippen molar-refractivity contribution in [3.05, 3.63) is 30.3 Å². The molecule has 1 aromatic carbocycles. The standard InChI is InChI=1S/C14H19NO2/c16-14(17-13-10-6-3-7-11-13)15-12-8-4-1-2-5-9-12/h3,6-7,10-12H,1-2,4-5,8-9H2,(H,15,16). The van der Waals surface area contributed by atoms with Gasteiger partial charge in [0.2, 0.25) is 0 Å². The molecule has 0 bridgehead atoms. The third-order valence-electron chi connectivity index (χ3n) is 3.13. The van der Waals surface area contributed by atoms with Crippen molar-refractivity contribution in [1.29, 1.82) is 0 Å². The van der Waals surface area contributed by atoms with Gasteiger partial charge in [-0.15, -0.1) is 0 Å². The highest BCUT2D eigenvalue weighted by Gasteiger charge is 2.15. The molecule has 0 atom stereocenters. The van der Waals surface area contributed by atoms with Gasteiger partial charge in [0.25, 0.3) is 0 Å². The van der Waals surface area contributed by atoms with Gasteiger partial charge in [0.1, 0.15) is 5.75 Å². The van der Waals surface area contributed by atoms with Crippen molar-refractivity contribution >= 4 is 6.09 Å². The van der Waals surface area contributed by atoms with Crippen LogP contribution in [0, 0.1) is 0 Å². The topological polar surface area (TPSA) is 38.3 Å². The maximum Gasteiger partial charge on any atom is 0.412 e. The molecule has 0 heterocycles. The Morgan fingerprint density at radius 3 is 2.35 bits per heavy atom. The molecule has 1 N–H and O–H groups in total. The lowest BCUT2D eigenvalue weighted by Crippen LogP contribution is -2.36. The SMILES string of the molecule is O=C(NC1CCCCCC1)Oc1ccccc1. The lowest BCUT2D eigenvalue weighted by Gasteiger charge is -2.15. The van der Waals surface area contributed by atoms with E-state index in [4.69, 9.17) is 4.74 Å². The van der Waals surface area contributed by atoms with E-state index in [1.54, 1.807) is 12.1 Å². The van der Waals surface area contributed by atoms with Gasteiger partial charge < -0.3 is 10.1 Å². The first-order valence-corrected chi connectivity index (χ1v) is 6.38. The van der Waals surface area contributed by atoms with Gasteiger partial charge in [0.15, 0.2) is 0 Å². The summed E-state index contributed by atoms with van der Waals surface area (Å²) in [6.45, 7) is 0. The van der Waals surface area contributed by atoms with E-state index in [-0.39, 0.29) is 12.1 Å². The second-order valence-electron chi connectivity index (χ2n) is 4.54. The summed E-state index contributed by atoms with van der Waals surface area (Å²) in [7, 11) is 0. The minimum Gasteiger partial charge on any atom is -0.410 e. The molecule has 1 fully saturated rings. The summed E-state index contributed by atoms with van der Waals surface area (Å²) < 4.78 is 5.21. The van der Waals surface area contributed by atoms with Crippen LogP contribution in [0.25, 0.3) is 0 Å². The molecule has 17 heavy (non-hydrogen) atoms. The molecule has 0 saturated heterocycles. The summed E-state index contributed by atoms with van der Waals surface area (Å²) in [6, 6.07) is 9.46. The first-order valence-electron chi connectivity index (χ1n) is 6.38. The van der Waals surface area contributed by atoms with Crippen LogP contribution < -0.4 is 10.1 Å². The van der Waals surface area contributed by atoms with Crippen molar-refractivity contribution in [1.82, 2.24) is 5.32 Å². The van der Waals surface area contributed by atoms with Crippen molar-refractivity contribution in [3.8, 4) is 5.75 Å². The molecule has 1 aliphatic rings. The number of hydrogen-bond acceptors (Lipinski definition) is 2. The molecule has 3 nitrogen and oxygen atoms in total. The van der Waals surface area contributed by atoms with Gasteiger partial charge in [0.05, 0.1) is 0 Å².